The van der Waals surface area contributed by atoms with Crippen LogP contribution in [0.2, 0.25) is 0 Å². The number of nitrogens with zero attached hydrogens (tertiary/aromatic N) is 1. The van der Waals surface area contributed by atoms with Crippen LogP contribution in [0, 0.1) is 5.92 Å². The van der Waals surface area contributed by atoms with Gasteiger partial charge in [-0.1, -0.05) is 56.3 Å². The molecule has 0 saturated carbocycles. The lowest BCUT2D eigenvalue weighted by atomic mass is 9.95. The average Bonchev–Trinajstić information content (AvgIpc) is 2.68. The van der Waals surface area contributed by atoms with Crippen molar-refractivity contribution in [1.82, 2.24) is 10.2 Å². The van der Waals surface area contributed by atoms with Gasteiger partial charge in [-0.2, -0.15) is 0 Å². The summed E-state index contributed by atoms with van der Waals surface area (Å²) in [6.07, 6.45) is 2.46. The van der Waals surface area contributed by atoms with Gasteiger partial charge in [0, 0.05) is 32.2 Å². The van der Waals surface area contributed by atoms with Crippen LogP contribution in [-0.4, -0.2) is 31.1 Å². The molecule has 3 nitrogen and oxygen atoms in total. The van der Waals surface area contributed by atoms with Crippen LogP contribution in [0.15, 0.2) is 54.6 Å². The molecule has 1 atom stereocenters. The van der Waals surface area contributed by atoms with E-state index in [1.165, 1.54) is 24.0 Å². The van der Waals surface area contributed by atoms with Crippen LogP contribution in [0.5, 0.6) is 5.75 Å². The molecule has 0 aromatic heterocycles. The average molecular weight is 353 g/mol. The summed E-state index contributed by atoms with van der Waals surface area (Å²) in [4.78, 5) is 2.63. The number of ether oxygens (including phenoxy) is 1. The maximum absolute atomic E-state index is 6.06. The molecule has 1 saturated heterocycles. The van der Waals surface area contributed by atoms with E-state index >= 15 is 0 Å². The molecule has 0 radical (unpaired) electrons. The molecule has 1 heterocycles. The van der Waals surface area contributed by atoms with Crippen molar-refractivity contribution in [3.63, 3.8) is 0 Å². The van der Waals surface area contributed by atoms with Gasteiger partial charge in [0.1, 0.15) is 12.4 Å². The van der Waals surface area contributed by atoms with E-state index in [-0.39, 0.29) is 0 Å². The fraction of sp³-hybridized carbons (Fsp3) is 0.478. The monoisotopic (exact) mass is 352 g/mol. The van der Waals surface area contributed by atoms with Crippen LogP contribution >= 0.6 is 0 Å². The number of piperazine rings is 1. The van der Waals surface area contributed by atoms with E-state index in [1.807, 2.05) is 6.07 Å². The van der Waals surface area contributed by atoms with E-state index in [0.29, 0.717) is 12.6 Å². The van der Waals surface area contributed by atoms with Crippen molar-refractivity contribution in [2.24, 2.45) is 5.92 Å². The van der Waals surface area contributed by atoms with E-state index < -0.39 is 0 Å². The summed E-state index contributed by atoms with van der Waals surface area (Å²) in [5, 5.41) is 3.47. The molecule has 1 fully saturated rings. The molecule has 2 aromatic carbocycles. The maximum Gasteiger partial charge on any atom is 0.120 e. The lowest BCUT2D eigenvalue weighted by Gasteiger charge is -2.35. The molecule has 0 spiro atoms. The van der Waals surface area contributed by atoms with Gasteiger partial charge >= 0.3 is 0 Å². The summed E-state index contributed by atoms with van der Waals surface area (Å²) in [6.45, 7) is 9.66. The zero-order valence-electron chi connectivity index (χ0n) is 16.2. The van der Waals surface area contributed by atoms with Crippen molar-refractivity contribution in [3.05, 3.63) is 65.7 Å². The Hall–Kier alpha value is -1.84. The fourth-order valence-electron chi connectivity index (χ4n) is 3.60. The predicted octanol–water partition coefficient (Wildman–Crippen LogP) is 4.65. The Morgan fingerprint density at radius 2 is 1.73 bits per heavy atom. The van der Waals surface area contributed by atoms with E-state index in [1.54, 1.807) is 0 Å². The smallest absolute Gasteiger partial charge is 0.120 e. The second-order valence-corrected chi connectivity index (χ2v) is 7.62. The second-order valence-electron chi connectivity index (χ2n) is 7.62. The number of hydrogen-bond acceptors (Lipinski definition) is 3. The van der Waals surface area contributed by atoms with Crippen molar-refractivity contribution in [2.75, 3.05) is 26.2 Å². The van der Waals surface area contributed by atoms with Gasteiger partial charge in [0.25, 0.3) is 0 Å². The number of nitrogens with one attached hydrogen (secondary N) is 1. The molecule has 0 aliphatic carbocycles. The molecular formula is C23H32N2O. The van der Waals surface area contributed by atoms with Crippen LogP contribution < -0.4 is 10.1 Å². The standard InChI is InChI=1S/C23H32N2O/c1-19(2)11-12-23(25-15-13-24-14-16-25)21-9-6-10-22(17-21)26-18-20-7-4-3-5-8-20/h3-10,17,19,23-24H,11-16,18H2,1-2H3/t23-/m0/s1. The first-order chi connectivity index (χ1) is 12.7. The molecular weight excluding hydrogens is 320 g/mol. The minimum atomic E-state index is 0.486. The predicted molar refractivity (Wildman–Crippen MR) is 108 cm³/mol. The van der Waals surface area contributed by atoms with E-state index in [9.17, 15) is 0 Å². The fourth-order valence-corrected chi connectivity index (χ4v) is 3.60. The first-order valence-corrected chi connectivity index (χ1v) is 9.94. The molecule has 26 heavy (non-hydrogen) atoms. The van der Waals surface area contributed by atoms with Gasteiger partial charge in [-0.3, -0.25) is 4.90 Å². The molecule has 0 amide bonds. The van der Waals surface area contributed by atoms with Gasteiger partial charge in [-0.05, 0) is 42.0 Å². The molecule has 140 valence electrons. The molecule has 3 rings (SSSR count). The third kappa shape index (κ3) is 5.58. The Labute approximate surface area is 158 Å². The van der Waals surface area contributed by atoms with Crippen LogP contribution in [0.3, 0.4) is 0 Å². The molecule has 3 heteroatoms. The highest BCUT2D eigenvalue weighted by Gasteiger charge is 2.22. The largest absolute Gasteiger partial charge is 0.489 e. The summed E-state index contributed by atoms with van der Waals surface area (Å²) in [5.74, 6) is 1.70. The van der Waals surface area contributed by atoms with E-state index in [0.717, 1.165) is 37.8 Å². The Morgan fingerprint density at radius 1 is 0.962 bits per heavy atom. The first-order valence-electron chi connectivity index (χ1n) is 9.94. The summed E-state index contributed by atoms with van der Waals surface area (Å²) >= 11 is 0. The molecule has 0 unspecified atom stereocenters. The Kier molecular flexibility index (Phi) is 7.10. The minimum Gasteiger partial charge on any atom is -0.489 e. The number of hydrogen-bond donors (Lipinski definition) is 1. The van der Waals surface area contributed by atoms with Gasteiger partial charge in [0.15, 0.2) is 0 Å². The SMILES string of the molecule is CC(C)CC[C@@H](c1cccc(OCc2ccccc2)c1)N1CCNCC1. The lowest BCUT2D eigenvalue weighted by Crippen LogP contribution is -2.45. The molecule has 1 aliphatic heterocycles. The Morgan fingerprint density at radius 3 is 2.46 bits per heavy atom. The van der Waals surface area contributed by atoms with Gasteiger partial charge in [0.2, 0.25) is 0 Å². The highest BCUT2D eigenvalue weighted by atomic mass is 16.5. The molecule has 1 N–H and O–H groups in total. The molecule has 2 aromatic rings. The maximum atomic E-state index is 6.06. The van der Waals surface area contributed by atoms with E-state index in [4.69, 9.17) is 4.74 Å². The molecule has 0 bridgehead atoms. The number of benzene rings is 2. The highest BCUT2D eigenvalue weighted by Crippen LogP contribution is 2.30. The highest BCUT2D eigenvalue weighted by molar-refractivity contribution is 5.31. The van der Waals surface area contributed by atoms with Crippen molar-refractivity contribution in [1.29, 1.82) is 0 Å². The summed E-state index contributed by atoms with van der Waals surface area (Å²) in [6, 6.07) is 19.6. The third-order valence-corrected chi connectivity index (χ3v) is 5.10. The Balaban J connectivity index is 1.70. The first kappa shape index (κ1) is 18.9. The van der Waals surface area contributed by atoms with Crippen molar-refractivity contribution < 1.29 is 4.74 Å². The summed E-state index contributed by atoms with van der Waals surface area (Å²) in [7, 11) is 0. The van der Waals surface area contributed by atoms with Crippen LogP contribution in [0.1, 0.15) is 43.9 Å². The quantitative estimate of drug-likeness (QED) is 0.748. The minimum absolute atomic E-state index is 0.486. The topological polar surface area (TPSA) is 24.5 Å². The lowest BCUT2D eigenvalue weighted by molar-refractivity contribution is 0.159. The van der Waals surface area contributed by atoms with Gasteiger partial charge in [-0.15, -0.1) is 0 Å². The van der Waals surface area contributed by atoms with E-state index in [2.05, 4.69) is 72.6 Å². The zero-order chi connectivity index (χ0) is 18.2. The van der Waals surface area contributed by atoms with Crippen molar-refractivity contribution in [2.45, 2.75) is 39.3 Å². The zero-order valence-corrected chi connectivity index (χ0v) is 16.2. The van der Waals surface area contributed by atoms with Crippen LogP contribution in [-0.2, 0) is 6.61 Å². The number of rotatable bonds is 8. The van der Waals surface area contributed by atoms with Crippen molar-refractivity contribution in [3.8, 4) is 5.75 Å². The van der Waals surface area contributed by atoms with Gasteiger partial charge in [0.05, 0.1) is 0 Å². The summed E-state index contributed by atoms with van der Waals surface area (Å²) in [5.41, 5.74) is 2.59. The van der Waals surface area contributed by atoms with Crippen LogP contribution in [0.4, 0.5) is 0 Å². The summed E-state index contributed by atoms with van der Waals surface area (Å²) < 4.78 is 6.06. The van der Waals surface area contributed by atoms with Gasteiger partial charge in [-0.25, -0.2) is 0 Å². The van der Waals surface area contributed by atoms with Gasteiger partial charge < -0.3 is 10.1 Å². The normalized spacial score (nSPS) is 16.6. The van der Waals surface area contributed by atoms with Crippen LogP contribution in [0.25, 0.3) is 0 Å². The Bertz CT molecular complexity index is 650. The molecule has 1 aliphatic rings. The second kappa shape index (κ2) is 9.75. The third-order valence-electron chi connectivity index (χ3n) is 5.10. The van der Waals surface area contributed by atoms with Crippen molar-refractivity contribution >= 4 is 0 Å².